The van der Waals surface area contributed by atoms with Crippen LogP contribution in [0.3, 0.4) is 0 Å². The molecular formula is C15H12BrNO. The molecule has 2 aromatic rings. The Morgan fingerprint density at radius 1 is 1.00 bits per heavy atom. The van der Waals surface area contributed by atoms with Gasteiger partial charge in [-0.2, -0.15) is 0 Å². The Labute approximate surface area is 114 Å². The molecule has 0 spiro atoms. The molecule has 0 heterocycles. The zero-order chi connectivity index (χ0) is 12.8. The molecule has 0 saturated carbocycles. The molecule has 90 valence electrons. The lowest BCUT2D eigenvalue weighted by Gasteiger charge is -2.02. The Morgan fingerprint density at radius 2 is 1.67 bits per heavy atom. The van der Waals surface area contributed by atoms with E-state index in [9.17, 15) is 4.79 Å². The van der Waals surface area contributed by atoms with E-state index in [-0.39, 0.29) is 5.91 Å². The maximum Gasteiger partial charge on any atom is 0.256 e. The van der Waals surface area contributed by atoms with Crippen molar-refractivity contribution in [2.24, 2.45) is 0 Å². The van der Waals surface area contributed by atoms with Gasteiger partial charge in [-0.3, -0.25) is 4.79 Å². The van der Waals surface area contributed by atoms with E-state index in [1.165, 1.54) is 0 Å². The fourth-order valence-electron chi connectivity index (χ4n) is 1.50. The van der Waals surface area contributed by atoms with Gasteiger partial charge >= 0.3 is 0 Å². The number of nitrogens with one attached hydrogen (secondary N) is 1. The van der Waals surface area contributed by atoms with Crippen molar-refractivity contribution in [1.29, 1.82) is 0 Å². The summed E-state index contributed by atoms with van der Waals surface area (Å²) in [6, 6.07) is 17.1. The number of benzene rings is 2. The van der Waals surface area contributed by atoms with E-state index in [0.717, 1.165) is 10.0 Å². The van der Waals surface area contributed by atoms with Crippen molar-refractivity contribution < 1.29 is 4.79 Å². The minimum Gasteiger partial charge on any atom is -0.329 e. The highest BCUT2D eigenvalue weighted by molar-refractivity contribution is 9.10. The highest BCUT2D eigenvalue weighted by atomic mass is 79.9. The predicted molar refractivity (Wildman–Crippen MR) is 77.1 cm³/mol. The molecule has 0 atom stereocenters. The van der Waals surface area contributed by atoms with Crippen LogP contribution in [-0.2, 0) is 0 Å². The minimum absolute atomic E-state index is 0.130. The van der Waals surface area contributed by atoms with Gasteiger partial charge in [-0.15, -0.1) is 0 Å². The summed E-state index contributed by atoms with van der Waals surface area (Å²) in [6.07, 6.45) is 3.51. The number of halogens is 1. The highest BCUT2D eigenvalue weighted by Crippen LogP contribution is 2.15. The average Bonchev–Trinajstić information content (AvgIpc) is 2.40. The molecule has 0 saturated heterocycles. The van der Waals surface area contributed by atoms with Crippen LogP contribution in [0.25, 0.3) is 6.08 Å². The number of carbonyl (C=O) groups excluding carboxylic acids is 1. The number of hydrogen-bond donors (Lipinski definition) is 1. The van der Waals surface area contributed by atoms with Gasteiger partial charge in [0.25, 0.3) is 5.91 Å². The summed E-state index contributed by atoms with van der Waals surface area (Å²) in [5.41, 5.74) is 1.67. The van der Waals surface area contributed by atoms with Crippen molar-refractivity contribution in [2.75, 3.05) is 0 Å². The van der Waals surface area contributed by atoms with Crippen molar-refractivity contribution in [2.45, 2.75) is 0 Å². The largest absolute Gasteiger partial charge is 0.329 e. The van der Waals surface area contributed by atoms with Crippen LogP contribution in [0.2, 0.25) is 0 Å². The van der Waals surface area contributed by atoms with E-state index in [4.69, 9.17) is 0 Å². The molecular weight excluding hydrogens is 290 g/mol. The summed E-state index contributed by atoms with van der Waals surface area (Å²) >= 11 is 3.35. The van der Waals surface area contributed by atoms with Crippen molar-refractivity contribution in [3.05, 3.63) is 76.4 Å². The maximum absolute atomic E-state index is 11.9. The summed E-state index contributed by atoms with van der Waals surface area (Å²) in [5.74, 6) is -0.130. The zero-order valence-electron chi connectivity index (χ0n) is 9.64. The van der Waals surface area contributed by atoms with E-state index in [2.05, 4.69) is 21.2 Å². The molecule has 3 heteroatoms. The summed E-state index contributed by atoms with van der Waals surface area (Å²) in [4.78, 5) is 11.9. The first kappa shape index (κ1) is 12.6. The molecule has 0 aliphatic rings. The maximum atomic E-state index is 11.9. The van der Waals surface area contributed by atoms with Gasteiger partial charge in [0.05, 0.1) is 5.56 Å². The number of carbonyl (C=O) groups is 1. The van der Waals surface area contributed by atoms with Crippen molar-refractivity contribution in [1.82, 2.24) is 5.32 Å². The van der Waals surface area contributed by atoms with Crippen LogP contribution in [0, 0.1) is 0 Å². The quantitative estimate of drug-likeness (QED) is 0.916. The van der Waals surface area contributed by atoms with Gasteiger partial charge in [0.1, 0.15) is 0 Å². The molecule has 18 heavy (non-hydrogen) atoms. The Kier molecular flexibility index (Phi) is 4.31. The smallest absolute Gasteiger partial charge is 0.256 e. The fourth-order valence-corrected chi connectivity index (χ4v) is 1.97. The van der Waals surface area contributed by atoms with Gasteiger partial charge < -0.3 is 5.32 Å². The minimum atomic E-state index is -0.130. The first-order valence-electron chi connectivity index (χ1n) is 5.54. The van der Waals surface area contributed by atoms with Crippen molar-refractivity contribution in [3.63, 3.8) is 0 Å². The normalized spacial score (nSPS) is 10.5. The lowest BCUT2D eigenvalue weighted by Crippen LogP contribution is -2.17. The van der Waals surface area contributed by atoms with Crippen LogP contribution in [0.1, 0.15) is 15.9 Å². The second-order valence-electron chi connectivity index (χ2n) is 3.70. The zero-order valence-corrected chi connectivity index (χ0v) is 11.2. The van der Waals surface area contributed by atoms with E-state index in [1.807, 2.05) is 54.6 Å². The summed E-state index contributed by atoms with van der Waals surface area (Å²) in [6.45, 7) is 0. The standard InChI is InChI=1S/C15H12BrNO/c16-14-9-5-4-8-13(14)15(18)17-11-10-12-6-2-1-3-7-12/h1-11H,(H,17,18)/b11-10+. The monoisotopic (exact) mass is 301 g/mol. The Hall–Kier alpha value is -1.87. The van der Waals surface area contributed by atoms with Gasteiger partial charge in [0.2, 0.25) is 0 Å². The third-order valence-electron chi connectivity index (χ3n) is 2.41. The molecule has 0 fully saturated rings. The van der Waals surface area contributed by atoms with E-state index in [0.29, 0.717) is 5.56 Å². The van der Waals surface area contributed by atoms with Crippen molar-refractivity contribution in [3.8, 4) is 0 Å². The molecule has 0 radical (unpaired) electrons. The first-order chi connectivity index (χ1) is 8.77. The molecule has 0 aromatic heterocycles. The Morgan fingerprint density at radius 3 is 2.39 bits per heavy atom. The van der Waals surface area contributed by atoms with Gasteiger partial charge in [0, 0.05) is 10.7 Å². The van der Waals surface area contributed by atoms with E-state index >= 15 is 0 Å². The fraction of sp³-hybridized carbons (Fsp3) is 0. The van der Waals surface area contributed by atoms with Crippen molar-refractivity contribution >= 4 is 27.9 Å². The third kappa shape index (κ3) is 3.31. The van der Waals surface area contributed by atoms with Gasteiger partial charge in [-0.05, 0) is 39.7 Å². The second kappa shape index (κ2) is 6.17. The molecule has 1 N–H and O–H groups in total. The molecule has 0 unspecified atom stereocenters. The molecule has 0 bridgehead atoms. The number of amides is 1. The molecule has 0 aliphatic heterocycles. The average molecular weight is 302 g/mol. The van der Waals surface area contributed by atoms with Crippen LogP contribution >= 0.6 is 15.9 Å². The SMILES string of the molecule is O=C(N/C=C/c1ccccc1)c1ccccc1Br. The van der Waals surface area contributed by atoms with Crippen LogP contribution in [0.5, 0.6) is 0 Å². The summed E-state index contributed by atoms with van der Waals surface area (Å²) in [5, 5.41) is 2.74. The lowest BCUT2D eigenvalue weighted by molar-refractivity contribution is 0.0969. The van der Waals surface area contributed by atoms with Crippen LogP contribution in [0.15, 0.2) is 65.3 Å². The third-order valence-corrected chi connectivity index (χ3v) is 3.10. The second-order valence-corrected chi connectivity index (χ2v) is 4.55. The van der Waals surface area contributed by atoms with E-state index < -0.39 is 0 Å². The Bertz CT molecular complexity index is 564. The first-order valence-corrected chi connectivity index (χ1v) is 6.33. The van der Waals surface area contributed by atoms with Gasteiger partial charge in [-0.25, -0.2) is 0 Å². The van der Waals surface area contributed by atoms with Gasteiger partial charge in [0.15, 0.2) is 0 Å². The molecule has 2 aromatic carbocycles. The number of hydrogen-bond acceptors (Lipinski definition) is 1. The highest BCUT2D eigenvalue weighted by Gasteiger charge is 2.06. The molecule has 2 nitrogen and oxygen atoms in total. The Balaban J connectivity index is 2.01. The van der Waals surface area contributed by atoms with Crippen LogP contribution < -0.4 is 5.32 Å². The molecule has 0 aliphatic carbocycles. The topological polar surface area (TPSA) is 29.1 Å². The van der Waals surface area contributed by atoms with Crippen LogP contribution in [-0.4, -0.2) is 5.91 Å². The lowest BCUT2D eigenvalue weighted by atomic mass is 10.2. The van der Waals surface area contributed by atoms with Gasteiger partial charge in [-0.1, -0.05) is 42.5 Å². The predicted octanol–water partition coefficient (Wildman–Crippen LogP) is 3.85. The van der Waals surface area contributed by atoms with E-state index in [1.54, 1.807) is 12.3 Å². The summed E-state index contributed by atoms with van der Waals surface area (Å²) in [7, 11) is 0. The number of rotatable bonds is 3. The van der Waals surface area contributed by atoms with Crippen LogP contribution in [0.4, 0.5) is 0 Å². The summed E-state index contributed by atoms with van der Waals surface area (Å²) < 4.78 is 0.788. The molecule has 2 rings (SSSR count). The molecule has 1 amide bonds.